The predicted octanol–water partition coefficient (Wildman–Crippen LogP) is 4.23. The molecular formula is C17H12ClF3N2O6. The summed E-state index contributed by atoms with van der Waals surface area (Å²) in [6, 6.07) is 6.36. The molecule has 2 aromatic rings. The third-order valence-corrected chi connectivity index (χ3v) is 3.63. The second-order valence-corrected chi connectivity index (χ2v) is 5.95. The average molecular weight is 433 g/mol. The molecule has 0 saturated heterocycles. The summed E-state index contributed by atoms with van der Waals surface area (Å²) in [7, 11) is 1.05. The average Bonchev–Trinajstić information content (AvgIpc) is 2.65. The van der Waals surface area contributed by atoms with Crippen LogP contribution in [0.5, 0.6) is 5.75 Å². The van der Waals surface area contributed by atoms with Crippen molar-refractivity contribution in [3.63, 3.8) is 0 Å². The Morgan fingerprint density at radius 2 is 1.83 bits per heavy atom. The van der Waals surface area contributed by atoms with E-state index in [0.717, 1.165) is 37.4 Å². The molecule has 0 saturated carbocycles. The number of nitrogens with one attached hydrogen (secondary N) is 1. The first kappa shape index (κ1) is 22.0. The van der Waals surface area contributed by atoms with Gasteiger partial charge in [-0.3, -0.25) is 14.9 Å². The van der Waals surface area contributed by atoms with Gasteiger partial charge in [-0.25, -0.2) is 4.79 Å². The number of benzene rings is 2. The maximum atomic E-state index is 12.5. The Morgan fingerprint density at radius 1 is 1.17 bits per heavy atom. The number of esters is 1. The Bertz CT molecular complexity index is 965. The van der Waals surface area contributed by atoms with Crippen LogP contribution in [0.25, 0.3) is 0 Å². The lowest BCUT2D eigenvalue weighted by molar-refractivity contribution is -0.384. The number of hydrogen-bond donors (Lipinski definition) is 1. The molecule has 1 amide bonds. The van der Waals surface area contributed by atoms with Crippen molar-refractivity contribution in [3.8, 4) is 5.75 Å². The normalized spacial score (nSPS) is 10.9. The predicted molar refractivity (Wildman–Crippen MR) is 95.4 cm³/mol. The monoisotopic (exact) mass is 432 g/mol. The molecule has 1 N–H and O–H groups in total. The molecule has 0 fully saturated rings. The summed E-state index contributed by atoms with van der Waals surface area (Å²) >= 11 is 5.81. The molecule has 2 rings (SSSR count). The highest BCUT2D eigenvalue weighted by atomic mass is 35.5. The van der Waals surface area contributed by atoms with Crippen LogP contribution < -0.4 is 10.1 Å². The quantitative estimate of drug-likeness (QED) is 0.416. The first-order chi connectivity index (χ1) is 13.5. The first-order valence-electron chi connectivity index (χ1n) is 7.68. The zero-order valence-corrected chi connectivity index (χ0v) is 15.3. The highest BCUT2D eigenvalue weighted by Crippen LogP contribution is 2.30. The van der Waals surface area contributed by atoms with Crippen LogP contribution in [0.2, 0.25) is 5.02 Å². The molecule has 0 bridgehead atoms. The number of amides is 1. The molecule has 0 aliphatic heterocycles. The second-order valence-electron chi connectivity index (χ2n) is 5.52. The van der Waals surface area contributed by atoms with Gasteiger partial charge in [0.05, 0.1) is 23.3 Å². The van der Waals surface area contributed by atoms with Crippen molar-refractivity contribution in [2.24, 2.45) is 0 Å². The minimum absolute atomic E-state index is 0.0916. The fourth-order valence-electron chi connectivity index (χ4n) is 2.16. The summed E-state index contributed by atoms with van der Waals surface area (Å²) in [5, 5.41) is 13.4. The van der Waals surface area contributed by atoms with E-state index in [9.17, 15) is 32.9 Å². The van der Waals surface area contributed by atoms with Gasteiger partial charge in [-0.15, -0.1) is 0 Å². The van der Waals surface area contributed by atoms with Gasteiger partial charge in [0.1, 0.15) is 5.75 Å². The first-order valence-corrected chi connectivity index (χ1v) is 8.06. The second kappa shape index (κ2) is 8.78. The molecule has 0 atom stereocenters. The molecule has 0 spiro atoms. The Morgan fingerprint density at radius 3 is 2.41 bits per heavy atom. The highest BCUT2D eigenvalue weighted by Gasteiger charge is 2.29. The fraction of sp³-hybridized carbons (Fsp3) is 0.176. The van der Waals surface area contributed by atoms with Crippen LogP contribution in [0.3, 0.4) is 0 Å². The van der Waals surface area contributed by atoms with Crippen LogP contribution >= 0.6 is 11.6 Å². The smallest absolute Gasteiger partial charge is 0.422 e. The molecule has 2 aromatic carbocycles. The number of hydrogen-bond acceptors (Lipinski definition) is 6. The van der Waals surface area contributed by atoms with Crippen LogP contribution in [-0.4, -0.2) is 36.7 Å². The van der Waals surface area contributed by atoms with Crippen molar-refractivity contribution in [1.29, 1.82) is 0 Å². The van der Waals surface area contributed by atoms with E-state index in [2.05, 4.69) is 14.8 Å². The number of nitro groups is 1. The fourth-order valence-corrected chi connectivity index (χ4v) is 2.34. The molecule has 0 aliphatic rings. The van der Waals surface area contributed by atoms with Gasteiger partial charge in [0.25, 0.3) is 11.6 Å². The third-order valence-electron chi connectivity index (χ3n) is 3.39. The van der Waals surface area contributed by atoms with Crippen LogP contribution in [0, 0.1) is 10.1 Å². The topological polar surface area (TPSA) is 108 Å². The van der Waals surface area contributed by atoms with Crippen molar-refractivity contribution in [3.05, 3.63) is 62.7 Å². The van der Waals surface area contributed by atoms with Gasteiger partial charge < -0.3 is 14.8 Å². The maximum Gasteiger partial charge on any atom is 0.422 e. The number of ether oxygens (including phenoxy) is 2. The molecule has 29 heavy (non-hydrogen) atoms. The van der Waals surface area contributed by atoms with Gasteiger partial charge in [-0.2, -0.15) is 13.2 Å². The van der Waals surface area contributed by atoms with Crippen molar-refractivity contribution >= 4 is 34.9 Å². The summed E-state index contributed by atoms with van der Waals surface area (Å²) in [5.74, 6) is -2.18. The largest absolute Gasteiger partial charge is 0.482 e. The van der Waals surface area contributed by atoms with Gasteiger partial charge in [0.2, 0.25) is 0 Å². The van der Waals surface area contributed by atoms with Gasteiger partial charge in [-0.1, -0.05) is 11.6 Å². The van der Waals surface area contributed by atoms with E-state index in [1.165, 1.54) is 6.07 Å². The maximum absolute atomic E-state index is 12.5. The molecule has 0 heterocycles. The van der Waals surface area contributed by atoms with Crippen molar-refractivity contribution in [2.45, 2.75) is 6.18 Å². The zero-order chi connectivity index (χ0) is 21.8. The number of halogens is 4. The van der Waals surface area contributed by atoms with Gasteiger partial charge in [-0.05, 0) is 24.3 Å². The van der Waals surface area contributed by atoms with Crippen LogP contribution in [0.1, 0.15) is 20.7 Å². The highest BCUT2D eigenvalue weighted by molar-refractivity contribution is 6.31. The minimum atomic E-state index is -4.61. The van der Waals surface area contributed by atoms with E-state index in [1.807, 2.05) is 0 Å². The van der Waals surface area contributed by atoms with Crippen LogP contribution in [0.4, 0.5) is 24.5 Å². The number of anilines is 1. The zero-order valence-electron chi connectivity index (χ0n) is 14.6. The number of methoxy groups -OCH3 is 1. The Kier molecular flexibility index (Phi) is 6.64. The molecule has 0 radical (unpaired) electrons. The van der Waals surface area contributed by atoms with E-state index in [0.29, 0.717) is 0 Å². The molecule has 0 aliphatic carbocycles. The van der Waals surface area contributed by atoms with Gasteiger partial charge in [0, 0.05) is 22.7 Å². The van der Waals surface area contributed by atoms with Crippen molar-refractivity contribution in [1.82, 2.24) is 0 Å². The standard InChI is InChI=1S/C17H12ClF3N2O6/c1-28-16(25)10-4-9(5-12(6-10)23(26)27)15(24)22-13-7-11(18)2-3-14(13)29-8-17(19,20)21/h2-7H,8H2,1H3,(H,22,24). The number of rotatable bonds is 6. The number of carbonyl (C=O) groups excluding carboxylic acids is 2. The lowest BCUT2D eigenvalue weighted by Crippen LogP contribution is -2.20. The Labute approximate surface area is 166 Å². The van der Waals surface area contributed by atoms with Crippen molar-refractivity contribution < 1.29 is 37.2 Å². The van der Waals surface area contributed by atoms with E-state index in [4.69, 9.17) is 11.6 Å². The number of nitrogens with zero attached hydrogens (tertiary/aromatic N) is 1. The summed E-state index contributed by atoms with van der Waals surface area (Å²) in [4.78, 5) is 34.4. The van der Waals surface area contributed by atoms with Crippen LogP contribution in [0.15, 0.2) is 36.4 Å². The van der Waals surface area contributed by atoms with E-state index < -0.39 is 35.3 Å². The van der Waals surface area contributed by atoms with Gasteiger partial charge >= 0.3 is 12.1 Å². The number of nitro benzene ring substituents is 1. The van der Waals surface area contributed by atoms with E-state index >= 15 is 0 Å². The molecular weight excluding hydrogens is 421 g/mol. The Hall–Kier alpha value is -3.34. The Balaban J connectivity index is 2.37. The number of alkyl halides is 3. The van der Waals surface area contributed by atoms with Gasteiger partial charge in [0.15, 0.2) is 6.61 Å². The van der Waals surface area contributed by atoms with E-state index in [-0.39, 0.29) is 27.6 Å². The number of carbonyl (C=O) groups is 2. The lowest BCUT2D eigenvalue weighted by atomic mass is 10.1. The lowest BCUT2D eigenvalue weighted by Gasteiger charge is -2.14. The van der Waals surface area contributed by atoms with Crippen molar-refractivity contribution in [2.75, 3.05) is 19.0 Å². The summed E-state index contributed by atoms with van der Waals surface area (Å²) in [5.41, 5.74) is -1.32. The summed E-state index contributed by atoms with van der Waals surface area (Å²) < 4.78 is 46.4. The summed E-state index contributed by atoms with van der Waals surface area (Å²) in [6.07, 6.45) is -4.61. The molecule has 8 nitrogen and oxygen atoms in total. The SMILES string of the molecule is COC(=O)c1cc(C(=O)Nc2cc(Cl)ccc2OCC(F)(F)F)cc([N+](=O)[O-])c1. The molecule has 154 valence electrons. The number of non-ortho nitro benzene ring substituents is 1. The molecule has 12 heteroatoms. The van der Waals surface area contributed by atoms with Crippen LogP contribution in [-0.2, 0) is 4.74 Å². The molecule has 0 unspecified atom stereocenters. The minimum Gasteiger partial charge on any atom is -0.482 e. The van der Waals surface area contributed by atoms with E-state index in [1.54, 1.807) is 0 Å². The third kappa shape index (κ3) is 6.07. The summed E-state index contributed by atoms with van der Waals surface area (Å²) in [6.45, 7) is -1.61. The molecule has 0 aromatic heterocycles.